The molecule has 2 aliphatic rings. The number of carbonyl (C=O) groups excluding carboxylic acids is 1. The summed E-state index contributed by atoms with van der Waals surface area (Å²) in [6.45, 7) is 0.687. The highest BCUT2D eigenvalue weighted by molar-refractivity contribution is 5.69. The normalized spacial score (nSPS) is 40.2. The molecule has 0 saturated carbocycles. The van der Waals surface area contributed by atoms with E-state index in [0.29, 0.717) is 6.42 Å². The molecule has 2 aliphatic heterocycles. The summed E-state index contributed by atoms with van der Waals surface area (Å²) < 4.78 is 21.1. The monoisotopic (exact) mass is 468 g/mol. The second kappa shape index (κ2) is 13.1. The molecule has 2 rings (SSSR count). The van der Waals surface area contributed by atoms with Gasteiger partial charge in [0.2, 0.25) is 0 Å². The van der Waals surface area contributed by atoms with Crippen molar-refractivity contribution in [3.05, 3.63) is 0 Å². The molecule has 10 atom stereocenters. The van der Waals surface area contributed by atoms with E-state index in [1.54, 1.807) is 0 Å². The number of rotatable bonds is 11. The molecule has 12 heteroatoms. The summed E-state index contributed by atoms with van der Waals surface area (Å²) in [4.78, 5) is 12.2. The molecule has 0 unspecified atom stereocenters. The van der Waals surface area contributed by atoms with Crippen LogP contribution in [0.4, 0.5) is 0 Å². The van der Waals surface area contributed by atoms with Crippen LogP contribution in [0, 0.1) is 0 Å². The summed E-state index contributed by atoms with van der Waals surface area (Å²) in [5.41, 5.74) is 0. The van der Waals surface area contributed by atoms with E-state index >= 15 is 0 Å². The Hall–Kier alpha value is -0.930. The third kappa shape index (κ3) is 6.79. The lowest BCUT2D eigenvalue weighted by Crippen LogP contribution is -2.65. The summed E-state index contributed by atoms with van der Waals surface area (Å²) in [6, 6.07) is 0. The van der Waals surface area contributed by atoms with Crippen molar-refractivity contribution in [2.24, 2.45) is 0 Å². The summed E-state index contributed by atoms with van der Waals surface area (Å²) in [7, 11) is 0. The molecule has 0 bridgehead atoms. The zero-order valence-electron chi connectivity index (χ0n) is 18.1. The summed E-state index contributed by atoms with van der Waals surface area (Å²) >= 11 is 0. The number of aliphatic hydroxyl groups excluding tert-OH is 7. The van der Waals surface area contributed by atoms with E-state index in [4.69, 9.17) is 18.9 Å². The Kier molecular flexibility index (Phi) is 11.2. The predicted octanol–water partition coefficient (Wildman–Crippen LogP) is -2.49. The molecule has 7 N–H and O–H groups in total. The van der Waals surface area contributed by atoms with Crippen LogP contribution in [0.25, 0.3) is 0 Å². The van der Waals surface area contributed by atoms with Gasteiger partial charge >= 0.3 is 5.97 Å². The van der Waals surface area contributed by atoms with Gasteiger partial charge < -0.3 is 54.7 Å². The maximum Gasteiger partial charge on any atom is 0.306 e. The molecule has 2 heterocycles. The third-order valence-corrected chi connectivity index (χ3v) is 5.70. The van der Waals surface area contributed by atoms with Gasteiger partial charge in [0.1, 0.15) is 42.7 Å². The molecular weight excluding hydrogens is 432 g/mol. The number of unbranched alkanes of at least 4 members (excludes halogenated alkanes) is 4. The van der Waals surface area contributed by atoms with Crippen LogP contribution in [-0.2, 0) is 23.7 Å². The van der Waals surface area contributed by atoms with E-state index in [2.05, 4.69) is 6.92 Å². The molecule has 2 fully saturated rings. The number of carbonyl (C=O) groups is 1. The highest BCUT2D eigenvalue weighted by Crippen LogP contribution is 2.30. The second-order valence-corrected chi connectivity index (χ2v) is 8.15. The van der Waals surface area contributed by atoms with Gasteiger partial charge in [0.05, 0.1) is 13.2 Å². The average molecular weight is 468 g/mol. The van der Waals surface area contributed by atoms with Gasteiger partial charge in [-0.05, 0) is 6.42 Å². The average Bonchev–Trinajstić information content (AvgIpc) is 2.78. The van der Waals surface area contributed by atoms with Crippen molar-refractivity contribution in [1.82, 2.24) is 0 Å². The Morgan fingerprint density at radius 2 is 1.44 bits per heavy atom. The Labute approximate surface area is 186 Å². The number of hydrogen-bond donors (Lipinski definition) is 7. The van der Waals surface area contributed by atoms with Gasteiger partial charge in [0.15, 0.2) is 18.7 Å². The lowest BCUT2D eigenvalue weighted by molar-refractivity contribution is -0.355. The van der Waals surface area contributed by atoms with Crippen molar-refractivity contribution in [3.8, 4) is 0 Å². The molecule has 0 radical (unpaired) electrons. The van der Waals surface area contributed by atoms with Crippen molar-refractivity contribution in [2.75, 3.05) is 13.2 Å². The van der Waals surface area contributed by atoms with Crippen LogP contribution in [-0.4, -0.2) is 116 Å². The van der Waals surface area contributed by atoms with Gasteiger partial charge in [0.25, 0.3) is 0 Å². The van der Waals surface area contributed by atoms with Gasteiger partial charge in [-0.3, -0.25) is 4.79 Å². The largest absolute Gasteiger partial charge is 0.456 e. The first-order chi connectivity index (χ1) is 15.2. The fraction of sp³-hybridized carbons (Fsp3) is 0.950. The first kappa shape index (κ1) is 27.3. The molecule has 0 aromatic rings. The highest BCUT2D eigenvalue weighted by Gasteiger charge is 2.51. The summed E-state index contributed by atoms with van der Waals surface area (Å²) in [5, 5.41) is 69.6. The van der Waals surface area contributed by atoms with E-state index in [0.717, 1.165) is 25.7 Å². The first-order valence-electron chi connectivity index (χ1n) is 11.0. The fourth-order valence-electron chi connectivity index (χ4n) is 3.78. The second-order valence-electron chi connectivity index (χ2n) is 8.15. The van der Waals surface area contributed by atoms with Gasteiger partial charge in [-0.2, -0.15) is 0 Å². The van der Waals surface area contributed by atoms with Crippen LogP contribution in [0.2, 0.25) is 0 Å². The van der Waals surface area contributed by atoms with Crippen molar-refractivity contribution in [3.63, 3.8) is 0 Å². The van der Waals surface area contributed by atoms with Crippen LogP contribution >= 0.6 is 0 Å². The number of ether oxygens (including phenoxy) is 4. The van der Waals surface area contributed by atoms with E-state index in [1.165, 1.54) is 0 Å². The quantitative estimate of drug-likeness (QED) is 0.125. The zero-order chi connectivity index (χ0) is 23.8. The molecule has 0 aromatic heterocycles. The van der Waals surface area contributed by atoms with Crippen molar-refractivity contribution in [2.45, 2.75) is 107 Å². The van der Waals surface area contributed by atoms with Gasteiger partial charge in [-0.25, -0.2) is 0 Å². The number of esters is 1. The molecule has 0 spiro atoms. The van der Waals surface area contributed by atoms with E-state index in [-0.39, 0.29) is 6.42 Å². The molecule has 0 aliphatic carbocycles. The zero-order valence-corrected chi connectivity index (χ0v) is 18.1. The van der Waals surface area contributed by atoms with Crippen LogP contribution in [0.15, 0.2) is 0 Å². The molecular formula is C20H36O12. The van der Waals surface area contributed by atoms with Crippen LogP contribution in [0.1, 0.15) is 45.4 Å². The standard InChI is InChI=1S/C20H36O12/c1-2-3-4-5-6-7-12(23)31-18-13(24)10(8-21)30-20(16(18)27)32-17-11(9-22)29-19(28)15(26)14(17)25/h10-11,13-22,24-28H,2-9H2,1H3/t10-,11-,13-,14-,15-,16-,17-,18+,19-,20-/m1/s1. The Bertz CT molecular complexity index is 561. The van der Waals surface area contributed by atoms with Gasteiger partial charge in [-0.15, -0.1) is 0 Å². The fourth-order valence-corrected chi connectivity index (χ4v) is 3.78. The Morgan fingerprint density at radius 3 is 2.06 bits per heavy atom. The molecule has 12 nitrogen and oxygen atoms in total. The third-order valence-electron chi connectivity index (χ3n) is 5.70. The van der Waals surface area contributed by atoms with Crippen molar-refractivity contribution in [1.29, 1.82) is 0 Å². The summed E-state index contributed by atoms with van der Waals surface area (Å²) in [5.74, 6) is -0.644. The highest BCUT2D eigenvalue weighted by atomic mass is 16.7. The predicted molar refractivity (Wildman–Crippen MR) is 106 cm³/mol. The number of hydrogen-bond acceptors (Lipinski definition) is 12. The molecule has 188 valence electrons. The van der Waals surface area contributed by atoms with Crippen molar-refractivity contribution >= 4 is 5.97 Å². The van der Waals surface area contributed by atoms with E-state index in [9.17, 15) is 40.5 Å². The number of aliphatic hydroxyl groups is 7. The van der Waals surface area contributed by atoms with Crippen LogP contribution < -0.4 is 0 Å². The Balaban J connectivity index is 2.04. The van der Waals surface area contributed by atoms with Crippen LogP contribution in [0.5, 0.6) is 0 Å². The van der Waals surface area contributed by atoms with Crippen LogP contribution in [0.3, 0.4) is 0 Å². The maximum absolute atomic E-state index is 12.2. The molecule has 0 amide bonds. The molecule has 32 heavy (non-hydrogen) atoms. The molecule has 0 aromatic carbocycles. The van der Waals surface area contributed by atoms with Gasteiger partial charge in [-0.1, -0.05) is 32.6 Å². The first-order valence-corrected chi connectivity index (χ1v) is 11.0. The lowest BCUT2D eigenvalue weighted by Gasteiger charge is -2.45. The van der Waals surface area contributed by atoms with E-state index < -0.39 is 80.6 Å². The topological polar surface area (TPSA) is 196 Å². The van der Waals surface area contributed by atoms with Gasteiger partial charge in [0, 0.05) is 6.42 Å². The smallest absolute Gasteiger partial charge is 0.306 e. The SMILES string of the molecule is CCCCCCCC(=O)O[C@@H]1[C@@H](O)[C@@H](O[C@H]2[C@H](O)[C@@H](O)[C@H](O)O[C@@H]2CO)O[C@H](CO)[C@H]1O. The minimum Gasteiger partial charge on any atom is -0.456 e. The minimum atomic E-state index is -1.77. The van der Waals surface area contributed by atoms with Crippen molar-refractivity contribution < 1.29 is 59.5 Å². The lowest BCUT2D eigenvalue weighted by atomic mass is 9.97. The Morgan fingerprint density at radius 1 is 0.781 bits per heavy atom. The maximum atomic E-state index is 12.2. The molecule has 2 saturated heterocycles. The summed E-state index contributed by atoms with van der Waals surface area (Å²) in [6.07, 6.45) is -11.0. The van der Waals surface area contributed by atoms with E-state index in [1.807, 2.05) is 0 Å². The minimum absolute atomic E-state index is 0.0850.